The van der Waals surface area contributed by atoms with Crippen LogP contribution in [0.1, 0.15) is 97.3 Å². The van der Waals surface area contributed by atoms with Crippen LogP contribution in [0.25, 0.3) is 0 Å². The summed E-state index contributed by atoms with van der Waals surface area (Å²) in [7, 11) is 0. The summed E-state index contributed by atoms with van der Waals surface area (Å²) in [6.45, 7) is 8.78. The summed E-state index contributed by atoms with van der Waals surface area (Å²) in [6, 6.07) is -0.465. The Hall–Kier alpha value is -0.970. The van der Waals surface area contributed by atoms with E-state index in [1.807, 2.05) is 6.08 Å². The maximum atomic E-state index is 12.5. The summed E-state index contributed by atoms with van der Waals surface area (Å²) in [5.41, 5.74) is 0. The largest absolute Gasteiger partial charge is 0.354 e. The number of amides is 2. The van der Waals surface area contributed by atoms with Crippen LogP contribution in [-0.2, 0) is 9.59 Å². The number of unbranched alkanes of at least 4 members (excludes halogenated alkanes) is 7. The van der Waals surface area contributed by atoms with Crippen molar-refractivity contribution in [3.05, 3.63) is 12.7 Å². The Labute approximate surface area is 179 Å². The van der Waals surface area contributed by atoms with Crippen LogP contribution >= 0.6 is 12.6 Å². The maximum Gasteiger partial charge on any atom is 0.242 e. The summed E-state index contributed by atoms with van der Waals surface area (Å²) in [5.74, 6) is 1.00. The molecule has 0 aromatic carbocycles. The Morgan fingerprint density at radius 2 is 1.68 bits per heavy atom. The molecule has 0 aliphatic heterocycles. The van der Waals surface area contributed by atoms with E-state index in [1.165, 1.54) is 38.5 Å². The highest BCUT2D eigenvalue weighted by Gasteiger charge is 2.20. The number of hydrogen-bond donors (Lipinski definition) is 3. The van der Waals surface area contributed by atoms with Crippen LogP contribution in [0.2, 0.25) is 0 Å². The van der Waals surface area contributed by atoms with Crippen molar-refractivity contribution in [2.75, 3.05) is 12.3 Å². The summed E-state index contributed by atoms with van der Waals surface area (Å²) in [4.78, 5) is 24.7. The Kier molecular flexibility index (Phi) is 18.7. The molecule has 5 heteroatoms. The molecule has 0 saturated heterocycles. The Balaban J connectivity index is 4.10. The molecule has 28 heavy (non-hydrogen) atoms. The van der Waals surface area contributed by atoms with Crippen LogP contribution in [0.3, 0.4) is 0 Å². The molecule has 0 aromatic rings. The third kappa shape index (κ3) is 15.0. The first-order valence-corrected chi connectivity index (χ1v) is 12.0. The van der Waals surface area contributed by atoms with E-state index >= 15 is 0 Å². The van der Waals surface area contributed by atoms with Gasteiger partial charge in [-0.2, -0.15) is 12.6 Å². The van der Waals surface area contributed by atoms with Crippen LogP contribution < -0.4 is 10.6 Å². The minimum absolute atomic E-state index is 0.0217. The molecule has 0 aliphatic carbocycles. The van der Waals surface area contributed by atoms with Crippen molar-refractivity contribution in [3.63, 3.8) is 0 Å². The molecule has 2 unspecified atom stereocenters. The maximum absolute atomic E-state index is 12.5. The number of allylic oxidation sites excluding steroid dienone is 1. The fraction of sp³-hybridized carbons (Fsp3) is 0.826. The van der Waals surface area contributed by atoms with E-state index in [0.717, 1.165) is 32.1 Å². The van der Waals surface area contributed by atoms with E-state index < -0.39 is 6.04 Å². The third-order valence-electron chi connectivity index (χ3n) is 5.24. The van der Waals surface area contributed by atoms with Gasteiger partial charge in [-0.1, -0.05) is 64.9 Å². The van der Waals surface area contributed by atoms with Crippen molar-refractivity contribution in [2.45, 2.75) is 103 Å². The Morgan fingerprint density at radius 1 is 1.00 bits per heavy atom. The molecule has 0 aromatic heterocycles. The molecule has 0 heterocycles. The van der Waals surface area contributed by atoms with Gasteiger partial charge >= 0.3 is 0 Å². The highest BCUT2D eigenvalue weighted by atomic mass is 32.1. The van der Waals surface area contributed by atoms with E-state index in [-0.39, 0.29) is 11.8 Å². The topological polar surface area (TPSA) is 58.2 Å². The predicted octanol–water partition coefficient (Wildman–Crippen LogP) is 5.43. The highest BCUT2D eigenvalue weighted by molar-refractivity contribution is 7.80. The molecule has 0 aliphatic rings. The molecule has 2 atom stereocenters. The first-order valence-electron chi connectivity index (χ1n) is 11.4. The van der Waals surface area contributed by atoms with Gasteiger partial charge in [-0.3, -0.25) is 9.59 Å². The minimum atomic E-state index is -0.465. The fourth-order valence-electron chi connectivity index (χ4n) is 3.26. The van der Waals surface area contributed by atoms with Gasteiger partial charge in [-0.25, -0.2) is 0 Å². The third-order valence-corrected chi connectivity index (χ3v) is 5.50. The van der Waals surface area contributed by atoms with Crippen LogP contribution in [0.5, 0.6) is 0 Å². The molecule has 0 rings (SSSR count). The molecule has 164 valence electrons. The summed E-state index contributed by atoms with van der Waals surface area (Å²) in [6.07, 6.45) is 15.5. The van der Waals surface area contributed by atoms with Gasteiger partial charge in [0.05, 0.1) is 0 Å². The second kappa shape index (κ2) is 19.4. The zero-order valence-electron chi connectivity index (χ0n) is 18.3. The molecule has 0 radical (unpaired) electrons. The number of rotatable bonds is 19. The lowest BCUT2D eigenvalue weighted by Gasteiger charge is -2.20. The molecule has 0 bridgehead atoms. The second-order valence-corrected chi connectivity index (χ2v) is 8.19. The number of hydrogen-bond acceptors (Lipinski definition) is 3. The van der Waals surface area contributed by atoms with Crippen molar-refractivity contribution in [3.8, 4) is 0 Å². The van der Waals surface area contributed by atoms with Crippen molar-refractivity contribution in [2.24, 2.45) is 5.92 Å². The standard InChI is InChI=1S/C23H44N2O2S/c1-4-7-9-10-11-12-13-14-16-22(26)25-21(17-18-28)23(27)24-19-20(6-3)15-8-5-2/h4,20-21,28H,1,5-19H2,2-3H3,(H,24,27)(H,25,26). The van der Waals surface area contributed by atoms with Gasteiger partial charge in [-0.15, -0.1) is 6.58 Å². The van der Waals surface area contributed by atoms with Gasteiger partial charge < -0.3 is 10.6 Å². The number of thiol groups is 1. The van der Waals surface area contributed by atoms with Crippen molar-refractivity contribution < 1.29 is 9.59 Å². The first kappa shape index (κ1) is 27.0. The van der Waals surface area contributed by atoms with Gasteiger partial charge in [0, 0.05) is 13.0 Å². The van der Waals surface area contributed by atoms with Crippen LogP contribution in [0.15, 0.2) is 12.7 Å². The van der Waals surface area contributed by atoms with E-state index in [2.05, 4.69) is 43.7 Å². The van der Waals surface area contributed by atoms with Gasteiger partial charge in [0.25, 0.3) is 0 Å². The summed E-state index contributed by atoms with van der Waals surface area (Å²) < 4.78 is 0. The van der Waals surface area contributed by atoms with Crippen LogP contribution in [0, 0.1) is 5.92 Å². The molecule has 4 nitrogen and oxygen atoms in total. The van der Waals surface area contributed by atoms with Gasteiger partial charge in [-0.05, 0) is 43.8 Å². The molecule has 2 N–H and O–H groups in total. The summed E-state index contributed by atoms with van der Waals surface area (Å²) >= 11 is 4.25. The SMILES string of the molecule is C=CCCCCCCCCC(=O)NC(CCS)C(=O)NCC(CC)CCCC. The fourth-order valence-corrected chi connectivity index (χ4v) is 3.52. The lowest BCUT2D eigenvalue weighted by Crippen LogP contribution is -2.48. The van der Waals surface area contributed by atoms with Crippen LogP contribution in [-0.4, -0.2) is 30.2 Å². The average molecular weight is 413 g/mol. The Morgan fingerprint density at radius 3 is 2.29 bits per heavy atom. The average Bonchev–Trinajstić information content (AvgIpc) is 2.69. The quantitative estimate of drug-likeness (QED) is 0.150. The van der Waals surface area contributed by atoms with Gasteiger partial charge in [0.15, 0.2) is 0 Å². The predicted molar refractivity (Wildman–Crippen MR) is 124 cm³/mol. The van der Waals surface area contributed by atoms with Crippen molar-refractivity contribution in [1.82, 2.24) is 10.6 Å². The normalized spacial score (nSPS) is 13.0. The number of carbonyl (C=O) groups is 2. The molecule has 0 spiro atoms. The lowest BCUT2D eigenvalue weighted by molar-refractivity contribution is -0.129. The molecule has 0 fully saturated rings. The van der Waals surface area contributed by atoms with Crippen molar-refractivity contribution >= 4 is 24.4 Å². The van der Waals surface area contributed by atoms with E-state index in [1.54, 1.807) is 0 Å². The van der Waals surface area contributed by atoms with Crippen molar-refractivity contribution in [1.29, 1.82) is 0 Å². The second-order valence-electron chi connectivity index (χ2n) is 7.74. The number of nitrogens with one attached hydrogen (secondary N) is 2. The van der Waals surface area contributed by atoms with Gasteiger partial charge in [0.1, 0.15) is 6.04 Å². The van der Waals surface area contributed by atoms with E-state index in [0.29, 0.717) is 31.1 Å². The lowest BCUT2D eigenvalue weighted by atomic mass is 9.99. The molecular formula is C23H44N2O2S. The van der Waals surface area contributed by atoms with Crippen LogP contribution in [0.4, 0.5) is 0 Å². The highest BCUT2D eigenvalue weighted by Crippen LogP contribution is 2.12. The molecule has 2 amide bonds. The zero-order valence-corrected chi connectivity index (χ0v) is 19.2. The first-order chi connectivity index (χ1) is 13.6. The Bertz CT molecular complexity index is 415. The summed E-state index contributed by atoms with van der Waals surface area (Å²) in [5, 5.41) is 5.95. The minimum Gasteiger partial charge on any atom is -0.354 e. The molecular weight excluding hydrogens is 368 g/mol. The number of carbonyl (C=O) groups excluding carboxylic acids is 2. The monoisotopic (exact) mass is 412 g/mol. The smallest absolute Gasteiger partial charge is 0.242 e. The van der Waals surface area contributed by atoms with E-state index in [4.69, 9.17) is 0 Å². The molecule has 0 saturated carbocycles. The zero-order chi connectivity index (χ0) is 21.0. The van der Waals surface area contributed by atoms with Gasteiger partial charge in [0.2, 0.25) is 11.8 Å². The van der Waals surface area contributed by atoms with E-state index in [9.17, 15) is 9.59 Å².